The number of hydrogen-bond donors (Lipinski definition) is 1. The van der Waals surface area contributed by atoms with Gasteiger partial charge >= 0.3 is 5.97 Å². The minimum absolute atomic E-state index is 0.113. The molecule has 0 fully saturated rings. The monoisotopic (exact) mass is 385 g/mol. The van der Waals surface area contributed by atoms with Crippen LogP contribution in [0.25, 0.3) is 10.9 Å². The molecule has 1 N–H and O–H groups in total. The maximum absolute atomic E-state index is 13.2. The average molecular weight is 386 g/mol. The van der Waals surface area contributed by atoms with Gasteiger partial charge in [-0.2, -0.15) is 0 Å². The molecule has 0 saturated carbocycles. The molecule has 4 nitrogen and oxygen atoms in total. The molecule has 2 unspecified atom stereocenters. The SMILES string of the molecule is O=C(O)C1CCc2c(c3cc(P)ccc3n2C(=O)c2ccc(Cl)cc2)C1. The van der Waals surface area contributed by atoms with Crippen molar-refractivity contribution in [1.29, 1.82) is 0 Å². The van der Waals surface area contributed by atoms with Gasteiger partial charge in [-0.05, 0) is 66.5 Å². The van der Waals surface area contributed by atoms with Gasteiger partial charge in [-0.25, -0.2) is 0 Å². The van der Waals surface area contributed by atoms with E-state index in [1.165, 1.54) is 0 Å². The van der Waals surface area contributed by atoms with Crippen LogP contribution >= 0.6 is 20.8 Å². The molecule has 0 bridgehead atoms. The number of nitrogens with zero attached hydrogens (tertiary/aromatic N) is 1. The normalized spacial score (nSPS) is 16.5. The highest BCUT2D eigenvalue weighted by Crippen LogP contribution is 2.35. The van der Waals surface area contributed by atoms with Gasteiger partial charge in [-0.15, -0.1) is 9.24 Å². The molecular weight excluding hydrogens is 369 g/mol. The lowest BCUT2D eigenvalue weighted by Gasteiger charge is -2.20. The summed E-state index contributed by atoms with van der Waals surface area (Å²) < 4.78 is 1.75. The largest absolute Gasteiger partial charge is 0.481 e. The highest BCUT2D eigenvalue weighted by Gasteiger charge is 2.31. The first-order chi connectivity index (χ1) is 12.5. The molecule has 0 aliphatic heterocycles. The van der Waals surface area contributed by atoms with E-state index in [0.29, 0.717) is 29.8 Å². The van der Waals surface area contributed by atoms with Gasteiger partial charge in [-0.1, -0.05) is 17.7 Å². The Morgan fingerprint density at radius 1 is 1.15 bits per heavy atom. The molecule has 4 rings (SSSR count). The van der Waals surface area contributed by atoms with Crippen LogP contribution in [0.2, 0.25) is 5.02 Å². The Labute approximate surface area is 158 Å². The van der Waals surface area contributed by atoms with Crippen molar-refractivity contribution in [3.63, 3.8) is 0 Å². The Hall–Kier alpha value is -2.16. The van der Waals surface area contributed by atoms with Gasteiger partial charge in [0, 0.05) is 21.7 Å². The standard InChI is InChI=1S/C20H17ClNO3P/c21-13-4-1-11(2-5-13)19(23)22-17-7-3-12(20(24)25)9-15(17)16-10-14(26)6-8-18(16)22/h1-2,4-6,8,10,12H,3,7,9,26H2,(H,24,25). The molecule has 0 saturated heterocycles. The molecule has 3 aromatic rings. The fourth-order valence-corrected chi connectivity index (χ4v) is 4.13. The smallest absolute Gasteiger partial charge is 0.306 e. The van der Waals surface area contributed by atoms with E-state index in [1.54, 1.807) is 28.8 Å². The quantitative estimate of drug-likeness (QED) is 0.685. The first-order valence-electron chi connectivity index (χ1n) is 8.40. The number of aliphatic carboxylic acids is 1. The maximum atomic E-state index is 13.2. The van der Waals surface area contributed by atoms with Crippen molar-refractivity contribution >= 4 is 48.9 Å². The third kappa shape index (κ3) is 2.84. The second-order valence-electron chi connectivity index (χ2n) is 6.63. The number of hydrogen-bond acceptors (Lipinski definition) is 2. The molecule has 1 heterocycles. The lowest BCUT2D eigenvalue weighted by Crippen LogP contribution is -2.24. The van der Waals surface area contributed by atoms with Gasteiger partial charge in [-0.3, -0.25) is 14.2 Å². The Kier molecular flexibility index (Phi) is 4.34. The van der Waals surface area contributed by atoms with Crippen molar-refractivity contribution in [2.45, 2.75) is 19.3 Å². The Morgan fingerprint density at radius 3 is 2.58 bits per heavy atom. The molecule has 2 aromatic carbocycles. The summed E-state index contributed by atoms with van der Waals surface area (Å²) in [7, 11) is 2.66. The van der Waals surface area contributed by atoms with E-state index in [4.69, 9.17) is 11.6 Å². The molecule has 0 radical (unpaired) electrons. The number of halogens is 1. The van der Waals surface area contributed by atoms with E-state index in [0.717, 1.165) is 27.5 Å². The van der Waals surface area contributed by atoms with Crippen LogP contribution in [0.5, 0.6) is 0 Å². The molecule has 6 heteroatoms. The number of benzene rings is 2. The fourth-order valence-electron chi connectivity index (χ4n) is 3.74. The molecular formula is C20H17ClNO3P. The van der Waals surface area contributed by atoms with Crippen molar-refractivity contribution in [2.24, 2.45) is 5.92 Å². The minimum atomic E-state index is -0.775. The number of fused-ring (bicyclic) bond motifs is 3. The second-order valence-corrected chi connectivity index (χ2v) is 7.73. The number of rotatable bonds is 2. The van der Waals surface area contributed by atoms with Crippen LogP contribution in [0, 0.1) is 5.92 Å². The highest BCUT2D eigenvalue weighted by atomic mass is 35.5. The molecule has 26 heavy (non-hydrogen) atoms. The molecule has 132 valence electrons. The molecule has 1 aromatic heterocycles. The van der Waals surface area contributed by atoms with E-state index in [9.17, 15) is 14.7 Å². The van der Waals surface area contributed by atoms with Crippen LogP contribution in [0.1, 0.15) is 28.0 Å². The summed E-state index contributed by atoms with van der Waals surface area (Å²) in [6, 6.07) is 12.7. The minimum Gasteiger partial charge on any atom is -0.481 e. The van der Waals surface area contributed by atoms with Crippen molar-refractivity contribution < 1.29 is 14.7 Å². The van der Waals surface area contributed by atoms with Gasteiger partial charge in [0.1, 0.15) is 0 Å². The molecule has 0 amide bonds. The predicted molar refractivity (Wildman–Crippen MR) is 106 cm³/mol. The zero-order valence-electron chi connectivity index (χ0n) is 13.9. The summed E-state index contributed by atoms with van der Waals surface area (Å²) >= 11 is 5.94. The number of carboxylic acid groups (broad SMARTS) is 1. The summed E-state index contributed by atoms with van der Waals surface area (Å²) in [4.78, 5) is 24.7. The lowest BCUT2D eigenvalue weighted by molar-refractivity contribution is -0.142. The molecule has 1 aliphatic rings. The van der Waals surface area contributed by atoms with Crippen LogP contribution in [0.15, 0.2) is 42.5 Å². The van der Waals surface area contributed by atoms with Crippen molar-refractivity contribution in [2.75, 3.05) is 0 Å². The van der Waals surface area contributed by atoms with Crippen molar-refractivity contribution in [3.05, 3.63) is 64.3 Å². The summed E-state index contributed by atoms with van der Waals surface area (Å²) in [6.45, 7) is 0. The first-order valence-corrected chi connectivity index (χ1v) is 9.36. The topological polar surface area (TPSA) is 59.3 Å². The second kappa shape index (κ2) is 6.53. The van der Waals surface area contributed by atoms with E-state index in [1.807, 2.05) is 18.2 Å². The maximum Gasteiger partial charge on any atom is 0.306 e. The van der Waals surface area contributed by atoms with Crippen LogP contribution in [-0.2, 0) is 17.6 Å². The van der Waals surface area contributed by atoms with Gasteiger partial charge in [0.05, 0.1) is 11.4 Å². The van der Waals surface area contributed by atoms with Gasteiger partial charge < -0.3 is 5.11 Å². The third-order valence-electron chi connectivity index (χ3n) is 5.03. The first kappa shape index (κ1) is 17.3. The van der Waals surface area contributed by atoms with Crippen LogP contribution in [0.4, 0.5) is 0 Å². The number of carbonyl (C=O) groups is 2. The van der Waals surface area contributed by atoms with E-state index in [2.05, 4.69) is 9.24 Å². The Bertz CT molecular complexity index is 1040. The van der Waals surface area contributed by atoms with E-state index in [-0.39, 0.29) is 5.91 Å². The van der Waals surface area contributed by atoms with Crippen molar-refractivity contribution in [1.82, 2.24) is 4.57 Å². The zero-order chi connectivity index (χ0) is 18.4. The zero-order valence-corrected chi connectivity index (χ0v) is 15.8. The highest BCUT2D eigenvalue weighted by molar-refractivity contribution is 7.27. The van der Waals surface area contributed by atoms with Gasteiger partial charge in [0.15, 0.2) is 0 Å². The molecule has 2 atom stereocenters. The Morgan fingerprint density at radius 2 is 1.88 bits per heavy atom. The lowest BCUT2D eigenvalue weighted by atomic mass is 9.86. The van der Waals surface area contributed by atoms with E-state index >= 15 is 0 Å². The molecule has 0 spiro atoms. The Balaban J connectivity index is 1.91. The third-order valence-corrected chi connectivity index (χ3v) is 5.64. The predicted octanol–water partition coefficient (Wildman–Crippen LogP) is 3.67. The van der Waals surface area contributed by atoms with Crippen molar-refractivity contribution in [3.8, 4) is 0 Å². The molecule has 1 aliphatic carbocycles. The summed E-state index contributed by atoms with van der Waals surface area (Å²) in [5.41, 5.74) is 3.29. The summed E-state index contributed by atoms with van der Waals surface area (Å²) in [6.07, 6.45) is 1.57. The number of carbonyl (C=O) groups excluding carboxylic acids is 1. The van der Waals surface area contributed by atoms with Gasteiger partial charge in [0.25, 0.3) is 5.91 Å². The summed E-state index contributed by atoms with van der Waals surface area (Å²) in [5.74, 6) is -1.29. The average Bonchev–Trinajstić information content (AvgIpc) is 2.94. The van der Waals surface area contributed by atoms with Crippen LogP contribution < -0.4 is 5.30 Å². The summed E-state index contributed by atoms with van der Waals surface area (Å²) in [5, 5.41) is 12.0. The van der Waals surface area contributed by atoms with Crippen LogP contribution in [0.3, 0.4) is 0 Å². The number of aromatic nitrogens is 1. The number of carboxylic acids is 1. The fraction of sp³-hybridized carbons (Fsp3) is 0.200. The van der Waals surface area contributed by atoms with Gasteiger partial charge in [0.2, 0.25) is 0 Å². The van der Waals surface area contributed by atoms with Crippen LogP contribution in [-0.4, -0.2) is 21.6 Å². The van der Waals surface area contributed by atoms with E-state index < -0.39 is 11.9 Å².